The zero-order valence-corrected chi connectivity index (χ0v) is 17.7. The number of amides is 1. The maximum atomic E-state index is 13.2. The van der Waals surface area contributed by atoms with E-state index in [-0.39, 0.29) is 11.5 Å². The lowest BCUT2D eigenvalue weighted by atomic mass is 9.69. The van der Waals surface area contributed by atoms with Crippen LogP contribution in [0.1, 0.15) is 38.7 Å². The highest BCUT2D eigenvalue weighted by Crippen LogP contribution is 2.43. The van der Waals surface area contributed by atoms with E-state index in [2.05, 4.69) is 31.9 Å². The maximum Gasteiger partial charge on any atom is 0.223 e. The lowest BCUT2D eigenvalue weighted by Gasteiger charge is -2.44. The van der Waals surface area contributed by atoms with E-state index in [1.807, 2.05) is 23.1 Å². The van der Waals surface area contributed by atoms with Crippen molar-refractivity contribution in [3.8, 4) is 0 Å². The molecule has 4 nitrogen and oxygen atoms in total. The van der Waals surface area contributed by atoms with Crippen molar-refractivity contribution in [3.05, 3.63) is 34.9 Å². The minimum absolute atomic E-state index is 0.0708. The highest BCUT2D eigenvalue weighted by atomic mass is 35.5. The number of benzene rings is 1. The minimum Gasteiger partial charge on any atom is -0.378 e. The summed E-state index contributed by atoms with van der Waals surface area (Å²) in [6.07, 6.45) is 3.49. The summed E-state index contributed by atoms with van der Waals surface area (Å²) >= 11 is 6.47. The Balaban J connectivity index is 1.79. The van der Waals surface area contributed by atoms with Crippen LogP contribution in [0.3, 0.4) is 0 Å². The number of carbonyl (C=O) groups is 1. The van der Waals surface area contributed by atoms with Gasteiger partial charge in [-0.25, -0.2) is 0 Å². The van der Waals surface area contributed by atoms with Crippen molar-refractivity contribution < 1.29 is 9.53 Å². The van der Waals surface area contributed by atoms with Gasteiger partial charge in [-0.3, -0.25) is 4.79 Å². The van der Waals surface area contributed by atoms with Gasteiger partial charge >= 0.3 is 0 Å². The zero-order valence-electron chi connectivity index (χ0n) is 16.9. The van der Waals surface area contributed by atoms with E-state index in [0.29, 0.717) is 18.2 Å². The smallest absolute Gasteiger partial charge is 0.223 e. The fourth-order valence-electron chi connectivity index (χ4n) is 4.36. The van der Waals surface area contributed by atoms with Crippen LogP contribution in [0.25, 0.3) is 0 Å². The Morgan fingerprint density at radius 1 is 1.26 bits per heavy atom. The second-order valence-electron chi connectivity index (χ2n) is 8.74. The molecule has 0 spiro atoms. The van der Waals surface area contributed by atoms with Crippen LogP contribution >= 0.6 is 11.6 Å². The summed E-state index contributed by atoms with van der Waals surface area (Å²) in [7, 11) is 2.12. The summed E-state index contributed by atoms with van der Waals surface area (Å²) in [4.78, 5) is 17.5. The summed E-state index contributed by atoms with van der Waals surface area (Å²) in [5, 5.41) is 0.802. The third-order valence-electron chi connectivity index (χ3n) is 6.25. The highest BCUT2D eigenvalue weighted by Gasteiger charge is 2.41. The average molecular weight is 393 g/mol. The van der Waals surface area contributed by atoms with Crippen LogP contribution in [0.15, 0.2) is 24.3 Å². The number of nitrogens with zero attached hydrogens (tertiary/aromatic N) is 2. The van der Waals surface area contributed by atoms with Crippen LogP contribution in [-0.2, 0) is 16.0 Å². The molecule has 0 bridgehead atoms. The number of hydrogen-bond acceptors (Lipinski definition) is 3. The Bertz CT molecular complexity index is 643. The molecule has 1 amide bonds. The Hall–Kier alpha value is -1.10. The van der Waals surface area contributed by atoms with E-state index in [0.717, 1.165) is 62.6 Å². The Kier molecular flexibility index (Phi) is 6.83. The van der Waals surface area contributed by atoms with Crippen LogP contribution in [-0.4, -0.2) is 61.6 Å². The third-order valence-corrected chi connectivity index (χ3v) is 6.62. The molecule has 2 fully saturated rings. The molecule has 1 aromatic rings. The summed E-state index contributed by atoms with van der Waals surface area (Å²) in [5.41, 5.74) is 1.08. The predicted octanol–water partition coefficient (Wildman–Crippen LogP) is 3.87. The number of carbonyl (C=O) groups excluding carboxylic acids is 1. The van der Waals surface area contributed by atoms with E-state index in [4.69, 9.17) is 16.3 Å². The molecule has 1 aromatic carbocycles. The monoisotopic (exact) mass is 392 g/mol. The third kappa shape index (κ3) is 5.24. The topological polar surface area (TPSA) is 32.8 Å². The van der Waals surface area contributed by atoms with Gasteiger partial charge in [0.2, 0.25) is 5.91 Å². The maximum absolute atomic E-state index is 13.2. The van der Waals surface area contributed by atoms with Crippen molar-refractivity contribution in [2.45, 2.75) is 45.6 Å². The number of halogens is 1. The Morgan fingerprint density at radius 2 is 1.96 bits per heavy atom. The van der Waals surface area contributed by atoms with Gasteiger partial charge in [-0.15, -0.1) is 0 Å². The van der Waals surface area contributed by atoms with Gasteiger partial charge in [0.15, 0.2) is 0 Å². The van der Waals surface area contributed by atoms with Gasteiger partial charge in [0.05, 0.1) is 6.10 Å². The van der Waals surface area contributed by atoms with Crippen LogP contribution in [0.4, 0.5) is 0 Å². The first kappa shape index (κ1) is 20.6. The van der Waals surface area contributed by atoms with Gasteiger partial charge in [0, 0.05) is 44.2 Å². The van der Waals surface area contributed by atoms with Gasteiger partial charge in [-0.2, -0.15) is 0 Å². The quantitative estimate of drug-likeness (QED) is 0.762. The summed E-state index contributed by atoms with van der Waals surface area (Å²) in [6, 6.07) is 8.06. The normalized spacial score (nSPS) is 27.1. The molecule has 27 heavy (non-hydrogen) atoms. The Labute approximate surface area is 168 Å². The average Bonchev–Trinajstić information content (AvgIpc) is 2.64. The first-order chi connectivity index (χ1) is 12.9. The number of likely N-dealkylation sites (N-methyl/N-ethyl adjacent to an activating group) is 1. The van der Waals surface area contributed by atoms with Crippen molar-refractivity contribution in [2.24, 2.45) is 11.3 Å². The molecule has 2 atom stereocenters. The molecule has 3 rings (SSSR count). The van der Waals surface area contributed by atoms with E-state index in [9.17, 15) is 4.79 Å². The molecule has 5 heteroatoms. The van der Waals surface area contributed by atoms with Gasteiger partial charge < -0.3 is 14.5 Å². The first-order valence-corrected chi connectivity index (χ1v) is 10.6. The fraction of sp³-hybridized carbons (Fsp3) is 0.682. The van der Waals surface area contributed by atoms with Crippen molar-refractivity contribution in [2.75, 3.05) is 39.8 Å². The Morgan fingerprint density at radius 3 is 2.63 bits per heavy atom. The standard InChI is InChI=1S/C22H33ClN2O2/c1-17(2)20-15-22(8-13-27-20,14-18-6-4-5-7-19(18)23)16-21(26)25-11-9-24(3)10-12-25/h4-7,17,20H,8-16H2,1-3H3/t20-,22+/m1/s1. The van der Waals surface area contributed by atoms with E-state index >= 15 is 0 Å². The van der Waals surface area contributed by atoms with Crippen molar-refractivity contribution in [1.29, 1.82) is 0 Å². The second kappa shape index (κ2) is 8.93. The lowest BCUT2D eigenvalue weighted by Crippen LogP contribution is -2.49. The van der Waals surface area contributed by atoms with E-state index in [1.54, 1.807) is 0 Å². The number of ether oxygens (including phenoxy) is 1. The van der Waals surface area contributed by atoms with Crippen LogP contribution in [0, 0.1) is 11.3 Å². The van der Waals surface area contributed by atoms with E-state index < -0.39 is 0 Å². The highest BCUT2D eigenvalue weighted by molar-refractivity contribution is 6.31. The molecule has 2 saturated heterocycles. The summed E-state index contributed by atoms with van der Waals surface area (Å²) in [6.45, 7) is 8.73. The SMILES string of the molecule is CC(C)[C@H]1C[C@@](CC(=O)N2CCN(C)CC2)(Cc2ccccc2Cl)CCO1. The van der Waals surface area contributed by atoms with Crippen LogP contribution < -0.4 is 0 Å². The van der Waals surface area contributed by atoms with Crippen LogP contribution in [0.2, 0.25) is 5.02 Å². The van der Waals surface area contributed by atoms with Gasteiger partial charge in [-0.1, -0.05) is 43.6 Å². The lowest BCUT2D eigenvalue weighted by molar-refractivity contribution is -0.139. The molecule has 0 aliphatic carbocycles. The molecule has 2 aliphatic rings. The summed E-state index contributed by atoms with van der Waals surface area (Å²) < 4.78 is 6.04. The van der Waals surface area contributed by atoms with E-state index in [1.165, 1.54) is 0 Å². The second-order valence-corrected chi connectivity index (χ2v) is 9.14. The molecule has 0 saturated carbocycles. The predicted molar refractivity (Wildman–Crippen MR) is 110 cm³/mol. The molecule has 0 unspecified atom stereocenters. The minimum atomic E-state index is -0.0708. The van der Waals surface area contributed by atoms with Crippen molar-refractivity contribution >= 4 is 17.5 Å². The van der Waals surface area contributed by atoms with Gasteiger partial charge in [-0.05, 0) is 49.3 Å². The molecule has 0 aromatic heterocycles. The first-order valence-electron chi connectivity index (χ1n) is 10.2. The number of rotatable bonds is 5. The molecule has 2 aliphatic heterocycles. The largest absolute Gasteiger partial charge is 0.378 e. The molecule has 2 heterocycles. The van der Waals surface area contributed by atoms with Crippen molar-refractivity contribution in [3.63, 3.8) is 0 Å². The number of piperazine rings is 1. The molecular formula is C22H33ClN2O2. The molecule has 150 valence electrons. The fourth-order valence-corrected chi connectivity index (χ4v) is 4.56. The molecule has 0 N–H and O–H groups in total. The zero-order chi connectivity index (χ0) is 19.4. The molecular weight excluding hydrogens is 360 g/mol. The number of hydrogen-bond donors (Lipinski definition) is 0. The van der Waals surface area contributed by atoms with Crippen molar-refractivity contribution in [1.82, 2.24) is 9.80 Å². The summed E-state index contributed by atoms with van der Waals surface area (Å²) in [5.74, 6) is 0.745. The molecule has 0 radical (unpaired) electrons. The van der Waals surface area contributed by atoms with Gasteiger partial charge in [0.25, 0.3) is 0 Å². The van der Waals surface area contributed by atoms with Gasteiger partial charge in [0.1, 0.15) is 0 Å². The van der Waals surface area contributed by atoms with Crippen LogP contribution in [0.5, 0.6) is 0 Å².